The average Bonchev–Trinajstić information content (AvgIpc) is 3.21. The monoisotopic (exact) mass is 433 g/mol. The number of hydrogen-bond donors (Lipinski definition) is 3. The minimum absolute atomic E-state index is 0.0676. The van der Waals surface area contributed by atoms with E-state index in [2.05, 4.69) is 5.32 Å². The number of hydrogen-bond acceptors (Lipinski definition) is 5. The van der Waals surface area contributed by atoms with Crippen LogP contribution in [0, 0.1) is 6.92 Å². The van der Waals surface area contributed by atoms with Crippen molar-refractivity contribution in [2.45, 2.75) is 19.4 Å². The van der Waals surface area contributed by atoms with Crippen LogP contribution in [0.1, 0.15) is 29.2 Å². The van der Waals surface area contributed by atoms with Gasteiger partial charge in [0.05, 0.1) is 18.9 Å². The van der Waals surface area contributed by atoms with Gasteiger partial charge in [0.25, 0.3) is 0 Å². The predicted molar refractivity (Wildman–Crippen MR) is 126 cm³/mol. The molecule has 3 aromatic carbocycles. The highest BCUT2D eigenvalue weighted by atomic mass is 32.1. The molecule has 3 aromatic rings. The van der Waals surface area contributed by atoms with Crippen molar-refractivity contribution in [1.82, 2.24) is 5.01 Å². The number of anilines is 1. The molecule has 0 fully saturated rings. The normalized spacial score (nSPS) is 15.5. The van der Waals surface area contributed by atoms with Crippen LogP contribution in [0.4, 0.5) is 5.69 Å². The van der Waals surface area contributed by atoms with Gasteiger partial charge in [-0.25, -0.2) is 5.01 Å². The van der Waals surface area contributed by atoms with Gasteiger partial charge < -0.3 is 20.3 Å². The van der Waals surface area contributed by atoms with E-state index in [1.54, 1.807) is 29.3 Å². The van der Waals surface area contributed by atoms with Gasteiger partial charge >= 0.3 is 0 Å². The second-order valence-corrected chi connectivity index (χ2v) is 7.74. The third kappa shape index (κ3) is 4.32. The molecule has 0 bridgehead atoms. The van der Waals surface area contributed by atoms with Crippen LogP contribution in [0.2, 0.25) is 0 Å². The van der Waals surface area contributed by atoms with Gasteiger partial charge in [0.15, 0.2) is 16.6 Å². The molecule has 6 nitrogen and oxygen atoms in total. The third-order valence-electron chi connectivity index (χ3n) is 5.22. The Balaban J connectivity index is 1.69. The van der Waals surface area contributed by atoms with Crippen molar-refractivity contribution in [2.75, 3.05) is 12.4 Å². The van der Waals surface area contributed by atoms with Crippen molar-refractivity contribution in [1.29, 1.82) is 0 Å². The molecule has 3 N–H and O–H groups in total. The number of benzene rings is 3. The van der Waals surface area contributed by atoms with Crippen LogP contribution in [0.3, 0.4) is 0 Å². The number of rotatable bonds is 4. The van der Waals surface area contributed by atoms with Crippen molar-refractivity contribution in [3.05, 3.63) is 83.4 Å². The number of hydrazone groups is 1. The summed E-state index contributed by atoms with van der Waals surface area (Å²) in [5.74, 6) is 0.617. The molecular weight excluding hydrogens is 410 g/mol. The molecule has 0 aliphatic carbocycles. The molecule has 1 unspecified atom stereocenters. The number of phenols is 2. The standard InChI is InChI=1S/C24H23N3O3S/c1-15-7-10-17(11-8-15)25-24(31)27-20(16-9-12-22(29)23(13-16)30-2)14-19(26-27)18-5-3-4-6-21(18)28/h3-13,20,28-29H,14H2,1-2H3,(H,25,31). The molecule has 0 aromatic heterocycles. The highest BCUT2D eigenvalue weighted by Crippen LogP contribution is 2.38. The van der Waals surface area contributed by atoms with E-state index >= 15 is 0 Å². The van der Waals surface area contributed by atoms with Crippen LogP contribution >= 0.6 is 12.2 Å². The number of nitrogens with one attached hydrogen (secondary N) is 1. The fourth-order valence-electron chi connectivity index (χ4n) is 3.56. The lowest BCUT2D eigenvalue weighted by molar-refractivity contribution is 0.360. The van der Waals surface area contributed by atoms with E-state index in [9.17, 15) is 10.2 Å². The molecule has 158 valence electrons. The zero-order valence-corrected chi connectivity index (χ0v) is 18.1. The number of aryl methyl sites for hydroxylation is 1. The highest BCUT2D eigenvalue weighted by Gasteiger charge is 2.33. The molecule has 0 spiro atoms. The number of aromatic hydroxyl groups is 2. The molecule has 0 amide bonds. The van der Waals surface area contributed by atoms with Crippen LogP contribution < -0.4 is 10.1 Å². The molecule has 7 heteroatoms. The summed E-state index contributed by atoms with van der Waals surface area (Å²) < 4.78 is 5.28. The van der Waals surface area contributed by atoms with Crippen LogP contribution in [0.15, 0.2) is 71.8 Å². The van der Waals surface area contributed by atoms with Gasteiger partial charge in [-0.3, -0.25) is 0 Å². The van der Waals surface area contributed by atoms with E-state index in [1.165, 1.54) is 7.11 Å². The SMILES string of the molecule is COc1cc(C2CC(c3ccccc3O)=NN2C(=S)Nc2ccc(C)cc2)ccc1O. The van der Waals surface area contributed by atoms with Gasteiger partial charge in [-0.15, -0.1) is 0 Å². The summed E-state index contributed by atoms with van der Waals surface area (Å²) in [5, 5.41) is 30.5. The topological polar surface area (TPSA) is 77.3 Å². The lowest BCUT2D eigenvalue weighted by Crippen LogP contribution is -2.31. The predicted octanol–water partition coefficient (Wildman–Crippen LogP) is 4.96. The number of para-hydroxylation sites is 1. The number of thiocarbonyl (C=S) groups is 1. The highest BCUT2D eigenvalue weighted by molar-refractivity contribution is 7.80. The fourth-order valence-corrected chi connectivity index (χ4v) is 3.84. The van der Waals surface area contributed by atoms with E-state index < -0.39 is 0 Å². The molecular formula is C24H23N3O3S. The van der Waals surface area contributed by atoms with E-state index in [0.717, 1.165) is 22.5 Å². The van der Waals surface area contributed by atoms with E-state index in [-0.39, 0.29) is 17.5 Å². The molecule has 1 aliphatic heterocycles. The molecule has 0 radical (unpaired) electrons. The first-order chi connectivity index (χ1) is 15.0. The largest absolute Gasteiger partial charge is 0.507 e. The first-order valence-electron chi connectivity index (χ1n) is 9.86. The van der Waals surface area contributed by atoms with E-state index in [1.807, 2.05) is 49.4 Å². The van der Waals surface area contributed by atoms with Gasteiger partial charge in [-0.2, -0.15) is 5.10 Å². The summed E-state index contributed by atoms with van der Waals surface area (Å²) in [6.07, 6.45) is 0.529. The lowest BCUT2D eigenvalue weighted by atomic mass is 9.97. The number of phenolic OH excluding ortho intramolecular Hbond substituents is 2. The first-order valence-corrected chi connectivity index (χ1v) is 10.3. The summed E-state index contributed by atoms with van der Waals surface area (Å²) in [4.78, 5) is 0. The Kier molecular flexibility index (Phi) is 5.77. The Bertz CT molecular complexity index is 1150. The zero-order chi connectivity index (χ0) is 22.0. The maximum Gasteiger partial charge on any atom is 0.194 e. The number of nitrogens with zero attached hydrogens (tertiary/aromatic N) is 2. The summed E-state index contributed by atoms with van der Waals surface area (Å²) in [5.41, 5.74) is 4.30. The van der Waals surface area contributed by atoms with Crippen molar-refractivity contribution in [3.63, 3.8) is 0 Å². The van der Waals surface area contributed by atoms with Crippen LogP contribution in [0.5, 0.6) is 17.2 Å². The third-order valence-corrected chi connectivity index (χ3v) is 5.51. The molecule has 0 saturated carbocycles. The van der Waals surface area contributed by atoms with Gasteiger partial charge in [0.2, 0.25) is 0 Å². The average molecular weight is 434 g/mol. The van der Waals surface area contributed by atoms with Crippen LogP contribution in [-0.4, -0.2) is 33.2 Å². The Morgan fingerprint density at radius 1 is 1.06 bits per heavy atom. The first kappa shape index (κ1) is 20.7. The molecule has 31 heavy (non-hydrogen) atoms. The van der Waals surface area contributed by atoms with Crippen LogP contribution in [0.25, 0.3) is 0 Å². The smallest absolute Gasteiger partial charge is 0.194 e. The van der Waals surface area contributed by atoms with E-state index in [0.29, 0.717) is 22.8 Å². The molecule has 0 saturated heterocycles. The van der Waals surface area contributed by atoms with Gasteiger partial charge in [0, 0.05) is 17.7 Å². The second-order valence-electron chi connectivity index (χ2n) is 7.36. The van der Waals surface area contributed by atoms with Crippen LogP contribution in [-0.2, 0) is 0 Å². The fraction of sp³-hybridized carbons (Fsp3) is 0.167. The number of methoxy groups -OCH3 is 1. The molecule has 1 aliphatic rings. The van der Waals surface area contributed by atoms with Crippen molar-refractivity contribution < 1.29 is 14.9 Å². The van der Waals surface area contributed by atoms with Gasteiger partial charge in [-0.1, -0.05) is 35.9 Å². The summed E-state index contributed by atoms with van der Waals surface area (Å²) in [6.45, 7) is 2.03. The minimum Gasteiger partial charge on any atom is -0.507 e. The minimum atomic E-state index is -0.227. The van der Waals surface area contributed by atoms with Crippen molar-refractivity contribution >= 4 is 28.7 Å². The Hall–Kier alpha value is -3.58. The van der Waals surface area contributed by atoms with Gasteiger partial charge in [0.1, 0.15) is 5.75 Å². The summed E-state index contributed by atoms with van der Waals surface area (Å²) >= 11 is 5.69. The van der Waals surface area contributed by atoms with Crippen molar-refractivity contribution in [3.8, 4) is 17.2 Å². The molecule has 1 heterocycles. The Labute approximate surface area is 186 Å². The van der Waals surface area contributed by atoms with E-state index in [4.69, 9.17) is 22.1 Å². The zero-order valence-electron chi connectivity index (χ0n) is 17.2. The summed E-state index contributed by atoms with van der Waals surface area (Å²) in [7, 11) is 1.51. The number of ether oxygens (including phenoxy) is 1. The Morgan fingerprint density at radius 3 is 2.52 bits per heavy atom. The quantitative estimate of drug-likeness (QED) is 0.505. The molecule has 4 rings (SSSR count). The summed E-state index contributed by atoms with van der Waals surface area (Å²) in [6, 6.07) is 20.0. The second kappa shape index (κ2) is 8.65. The van der Waals surface area contributed by atoms with Gasteiger partial charge in [-0.05, 0) is 61.1 Å². The maximum atomic E-state index is 10.3. The molecule has 1 atom stereocenters. The lowest BCUT2D eigenvalue weighted by Gasteiger charge is -2.25. The van der Waals surface area contributed by atoms with Crippen molar-refractivity contribution in [2.24, 2.45) is 5.10 Å². The Morgan fingerprint density at radius 2 is 1.81 bits per heavy atom. The maximum absolute atomic E-state index is 10.3.